The number of nitrogens with zero attached hydrogens (tertiary/aromatic N) is 2. The highest BCUT2D eigenvalue weighted by Gasteiger charge is 2.29. The van der Waals surface area contributed by atoms with E-state index in [9.17, 15) is 14.9 Å². The Morgan fingerprint density at radius 3 is 2.89 bits per heavy atom. The number of benzene rings is 1. The molecular weight excluding hydrogens is 363 g/mol. The second-order valence-electron chi connectivity index (χ2n) is 4.51. The molecule has 1 atom stereocenters. The van der Waals surface area contributed by atoms with Crippen molar-refractivity contribution in [1.29, 1.82) is 0 Å². The predicted molar refractivity (Wildman–Crippen MR) is 78.4 cm³/mol. The van der Waals surface area contributed by atoms with Gasteiger partial charge in [-0.05, 0) is 47.6 Å². The lowest BCUT2D eigenvalue weighted by molar-refractivity contribution is -0.384. The smallest absolute Gasteiger partial charge is 0.308 e. The minimum Gasteiger partial charge on any atom is -0.481 e. The first-order valence-electron chi connectivity index (χ1n) is 5.90. The minimum absolute atomic E-state index is 0.0398. The zero-order valence-corrected chi connectivity index (χ0v) is 12.2. The summed E-state index contributed by atoms with van der Waals surface area (Å²) < 4.78 is 0.792. The van der Waals surface area contributed by atoms with Crippen molar-refractivity contribution in [3.63, 3.8) is 0 Å². The van der Waals surface area contributed by atoms with Gasteiger partial charge in [-0.15, -0.1) is 0 Å². The quantitative estimate of drug-likeness (QED) is 0.498. The molecule has 2 rings (SSSR count). The van der Waals surface area contributed by atoms with Crippen LogP contribution < -0.4 is 4.90 Å². The van der Waals surface area contributed by atoms with Crippen LogP contribution in [0.15, 0.2) is 18.2 Å². The molecule has 1 heterocycles. The van der Waals surface area contributed by atoms with Crippen LogP contribution in [-0.2, 0) is 4.79 Å². The molecule has 0 saturated carbocycles. The van der Waals surface area contributed by atoms with Crippen molar-refractivity contribution in [2.24, 2.45) is 5.92 Å². The van der Waals surface area contributed by atoms with Crippen LogP contribution in [0.5, 0.6) is 0 Å². The summed E-state index contributed by atoms with van der Waals surface area (Å²) in [6.07, 6.45) is 1.37. The molecule has 0 spiro atoms. The van der Waals surface area contributed by atoms with Crippen LogP contribution in [0, 0.1) is 19.6 Å². The number of anilines is 1. The number of halogens is 1. The molecule has 102 valence electrons. The first-order valence-corrected chi connectivity index (χ1v) is 6.98. The maximum absolute atomic E-state index is 11.1. The number of hydrogen-bond donors (Lipinski definition) is 1. The molecule has 1 aromatic carbocycles. The molecule has 0 aromatic heterocycles. The van der Waals surface area contributed by atoms with Gasteiger partial charge in [-0.25, -0.2) is 0 Å². The van der Waals surface area contributed by atoms with Crippen LogP contribution in [0.2, 0.25) is 0 Å². The summed E-state index contributed by atoms with van der Waals surface area (Å²) in [5.41, 5.74) is 0.550. The third-order valence-corrected chi connectivity index (χ3v) is 3.92. The maximum atomic E-state index is 11.1. The zero-order valence-electron chi connectivity index (χ0n) is 10.1. The number of nitro groups is 1. The number of carboxylic acid groups (broad SMARTS) is 1. The molecule has 1 saturated heterocycles. The van der Waals surface area contributed by atoms with Gasteiger partial charge in [0.1, 0.15) is 5.69 Å². The lowest BCUT2D eigenvalue weighted by Gasteiger charge is -2.32. The summed E-state index contributed by atoms with van der Waals surface area (Å²) in [5, 5.41) is 20.2. The fourth-order valence-corrected chi connectivity index (χ4v) is 2.78. The van der Waals surface area contributed by atoms with Gasteiger partial charge in [0.05, 0.1) is 10.8 Å². The Kier molecular flexibility index (Phi) is 4.23. The molecule has 19 heavy (non-hydrogen) atoms. The molecule has 6 nitrogen and oxygen atoms in total. The Morgan fingerprint density at radius 1 is 1.53 bits per heavy atom. The van der Waals surface area contributed by atoms with Crippen LogP contribution in [0.1, 0.15) is 12.8 Å². The first-order chi connectivity index (χ1) is 8.99. The van der Waals surface area contributed by atoms with E-state index in [0.717, 1.165) is 9.99 Å². The van der Waals surface area contributed by atoms with Crippen molar-refractivity contribution in [2.75, 3.05) is 18.0 Å². The molecular formula is C12H13IN2O4. The number of carboxylic acids is 1. The summed E-state index contributed by atoms with van der Waals surface area (Å²) in [6, 6.07) is 5.01. The number of carbonyl (C=O) groups is 1. The average Bonchev–Trinajstić information content (AvgIpc) is 2.38. The van der Waals surface area contributed by atoms with Crippen molar-refractivity contribution in [2.45, 2.75) is 12.8 Å². The van der Waals surface area contributed by atoms with E-state index in [2.05, 4.69) is 0 Å². The standard InChI is InChI=1S/C12H13IN2O4/c13-9-3-4-10(11(6-9)15(18)19)14-5-1-2-8(7-14)12(16)17/h3-4,6,8H,1-2,5,7H2,(H,16,17). The van der Waals surface area contributed by atoms with Crippen molar-refractivity contribution in [3.8, 4) is 0 Å². The first kappa shape index (κ1) is 14.0. The Balaban J connectivity index is 2.30. The van der Waals surface area contributed by atoms with E-state index in [4.69, 9.17) is 5.11 Å². The summed E-state index contributed by atoms with van der Waals surface area (Å²) in [6.45, 7) is 0.988. The van der Waals surface area contributed by atoms with Gasteiger partial charge in [-0.1, -0.05) is 0 Å². The largest absolute Gasteiger partial charge is 0.481 e. The van der Waals surface area contributed by atoms with Gasteiger partial charge in [0.15, 0.2) is 0 Å². The molecule has 0 aliphatic carbocycles. The second kappa shape index (κ2) is 5.72. The fraction of sp³-hybridized carbons (Fsp3) is 0.417. The number of piperidine rings is 1. The molecule has 1 aliphatic rings. The Labute approximate surface area is 123 Å². The highest BCUT2D eigenvalue weighted by atomic mass is 127. The van der Waals surface area contributed by atoms with E-state index in [0.29, 0.717) is 25.2 Å². The molecule has 1 aromatic rings. The van der Waals surface area contributed by atoms with Crippen LogP contribution in [0.4, 0.5) is 11.4 Å². The van der Waals surface area contributed by atoms with Crippen LogP contribution >= 0.6 is 22.6 Å². The van der Waals surface area contributed by atoms with Crippen molar-refractivity contribution < 1.29 is 14.8 Å². The molecule has 1 aliphatic heterocycles. The third-order valence-electron chi connectivity index (χ3n) is 3.25. The van der Waals surface area contributed by atoms with Crippen LogP contribution in [0.25, 0.3) is 0 Å². The molecule has 1 fully saturated rings. The van der Waals surface area contributed by atoms with Gasteiger partial charge < -0.3 is 10.0 Å². The summed E-state index contributed by atoms with van der Waals surface area (Å²) in [4.78, 5) is 23.5. The maximum Gasteiger partial charge on any atom is 0.308 e. The van der Waals surface area contributed by atoms with Gasteiger partial charge in [-0.2, -0.15) is 0 Å². The van der Waals surface area contributed by atoms with E-state index in [1.54, 1.807) is 17.0 Å². The molecule has 0 bridgehead atoms. The lowest BCUT2D eigenvalue weighted by atomic mass is 9.97. The molecule has 1 N–H and O–H groups in total. The van der Waals surface area contributed by atoms with Crippen molar-refractivity contribution in [3.05, 3.63) is 31.9 Å². The van der Waals surface area contributed by atoms with E-state index in [-0.39, 0.29) is 5.69 Å². The van der Waals surface area contributed by atoms with E-state index >= 15 is 0 Å². The zero-order chi connectivity index (χ0) is 14.0. The molecule has 1 unspecified atom stereocenters. The Morgan fingerprint density at radius 2 is 2.26 bits per heavy atom. The van der Waals surface area contributed by atoms with Crippen LogP contribution in [0.3, 0.4) is 0 Å². The average molecular weight is 376 g/mol. The van der Waals surface area contributed by atoms with Crippen LogP contribution in [-0.4, -0.2) is 29.1 Å². The Hall–Kier alpha value is -1.38. The SMILES string of the molecule is O=C(O)C1CCCN(c2ccc(I)cc2[N+](=O)[O-])C1. The molecule has 0 amide bonds. The summed E-state index contributed by atoms with van der Waals surface area (Å²) in [7, 11) is 0. The highest BCUT2D eigenvalue weighted by molar-refractivity contribution is 14.1. The highest BCUT2D eigenvalue weighted by Crippen LogP contribution is 2.32. The molecule has 7 heteroatoms. The number of rotatable bonds is 3. The number of hydrogen-bond acceptors (Lipinski definition) is 4. The van der Waals surface area contributed by atoms with Gasteiger partial charge in [-0.3, -0.25) is 14.9 Å². The van der Waals surface area contributed by atoms with Crippen molar-refractivity contribution in [1.82, 2.24) is 0 Å². The number of nitro benzene ring substituents is 1. The second-order valence-corrected chi connectivity index (χ2v) is 5.76. The summed E-state index contributed by atoms with van der Waals surface area (Å²) in [5.74, 6) is -1.29. The van der Waals surface area contributed by atoms with Crippen molar-refractivity contribution >= 4 is 39.9 Å². The Bertz CT molecular complexity index is 520. The van der Waals surface area contributed by atoms with Gasteiger partial charge in [0, 0.05) is 22.7 Å². The lowest BCUT2D eigenvalue weighted by Crippen LogP contribution is -2.39. The monoisotopic (exact) mass is 376 g/mol. The number of aliphatic carboxylic acids is 1. The van der Waals surface area contributed by atoms with Gasteiger partial charge >= 0.3 is 5.97 Å². The topological polar surface area (TPSA) is 83.7 Å². The third kappa shape index (κ3) is 3.14. The van der Waals surface area contributed by atoms with E-state index in [1.165, 1.54) is 6.07 Å². The van der Waals surface area contributed by atoms with E-state index in [1.807, 2.05) is 22.6 Å². The van der Waals surface area contributed by atoms with Gasteiger partial charge in [0.25, 0.3) is 5.69 Å². The summed E-state index contributed by atoms with van der Waals surface area (Å²) >= 11 is 2.02. The normalized spacial score (nSPS) is 19.2. The minimum atomic E-state index is -0.835. The van der Waals surface area contributed by atoms with Gasteiger partial charge in [0.2, 0.25) is 0 Å². The predicted octanol–water partition coefficient (Wildman–Crippen LogP) is 2.50. The van der Waals surface area contributed by atoms with E-state index < -0.39 is 16.8 Å². The fourth-order valence-electron chi connectivity index (χ4n) is 2.31. The molecule has 0 radical (unpaired) electrons.